The van der Waals surface area contributed by atoms with Gasteiger partial charge < -0.3 is 14.8 Å². The molecule has 8 nitrogen and oxygen atoms in total. The summed E-state index contributed by atoms with van der Waals surface area (Å²) < 4.78 is 36.5. The molecule has 1 N–H and O–H groups in total. The van der Waals surface area contributed by atoms with Crippen LogP contribution in [-0.2, 0) is 24.3 Å². The molecule has 0 saturated carbocycles. The van der Waals surface area contributed by atoms with Crippen molar-refractivity contribution in [3.8, 4) is 0 Å². The first-order valence-corrected chi connectivity index (χ1v) is 10.3. The number of carbonyl (C=O) groups is 2. The maximum absolute atomic E-state index is 12.6. The Morgan fingerprint density at radius 3 is 2.33 bits per heavy atom. The molecule has 0 bridgehead atoms. The van der Waals surface area contributed by atoms with Crippen molar-refractivity contribution in [2.75, 3.05) is 33.4 Å². The van der Waals surface area contributed by atoms with Crippen LogP contribution in [0.25, 0.3) is 0 Å². The van der Waals surface area contributed by atoms with Crippen molar-refractivity contribution in [1.29, 1.82) is 0 Å². The number of amides is 1. The lowest BCUT2D eigenvalue weighted by Crippen LogP contribution is -2.45. The van der Waals surface area contributed by atoms with Crippen molar-refractivity contribution < 1.29 is 27.5 Å². The van der Waals surface area contributed by atoms with Crippen LogP contribution in [0.2, 0.25) is 0 Å². The minimum absolute atomic E-state index is 0.0950. The van der Waals surface area contributed by atoms with Crippen molar-refractivity contribution in [3.05, 3.63) is 29.8 Å². The highest BCUT2D eigenvalue weighted by atomic mass is 32.2. The quantitative estimate of drug-likeness (QED) is 0.688. The summed E-state index contributed by atoms with van der Waals surface area (Å²) in [4.78, 5) is 24.5. The fourth-order valence-electron chi connectivity index (χ4n) is 2.74. The first kappa shape index (κ1) is 21.3. The van der Waals surface area contributed by atoms with Gasteiger partial charge in [-0.2, -0.15) is 4.31 Å². The predicted molar refractivity (Wildman–Crippen MR) is 98.7 cm³/mol. The molecular formula is C18H26N2O6S. The highest BCUT2D eigenvalue weighted by Gasteiger charge is 2.28. The Labute approximate surface area is 159 Å². The third-order valence-corrected chi connectivity index (χ3v) is 6.59. The number of hydrogen-bond donors (Lipinski definition) is 1. The number of hydrogen-bond acceptors (Lipinski definition) is 6. The number of methoxy groups -OCH3 is 1. The molecule has 0 spiro atoms. The smallest absolute Gasteiger partial charge is 0.328 e. The molecule has 1 aliphatic rings. The van der Waals surface area contributed by atoms with E-state index in [2.05, 4.69) is 5.32 Å². The summed E-state index contributed by atoms with van der Waals surface area (Å²) >= 11 is 0. The largest absolute Gasteiger partial charge is 0.467 e. The monoisotopic (exact) mass is 398 g/mol. The number of morpholine rings is 1. The van der Waals surface area contributed by atoms with Crippen LogP contribution in [0.15, 0.2) is 29.2 Å². The number of ether oxygens (including phenoxy) is 2. The number of nitrogens with one attached hydrogen (secondary N) is 1. The molecule has 1 heterocycles. The molecule has 0 aromatic heterocycles. The van der Waals surface area contributed by atoms with E-state index in [-0.39, 0.29) is 16.4 Å². The van der Waals surface area contributed by atoms with Crippen LogP contribution in [-0.4, -0.2) is 64.1 Å². The molecule has 0 radical (unpaired) electrons. The Bertz CT molecular complexity index is 757. The summed E-state index contributed by atoms with van der Waals surface area (Å²) in [5.74, 6) is -1.06. The molecule has 150 valence electrons. The molecule has 2 atom stereocenters. The summed E-state index contributed by atoms with van der Waals surface area (Å²) in [7, 11) is -2.34. The van der Waals surface area contributed by atoms with Gasteiger partial charge in [-0.1, -0.05) is 20.3 Å². The second kappa shape index (κ2) is 9.29. The summed E-state index contributed by atoms with van der Waals surface area (Å²) in [6.07, 6.45) is 0.691. The lowest BCUT2D eigenvalue weighted by molar-refractivity contribution is -0.144. The molecule has 2 rings (SSSR count). The van der Waals surface area contributed by atoms with Crippen LogP contribution < -0.4 is 5.32 Å². The molecule has 1 amide bonds. The van der Waals surface area contributed by atoms with E-state index in [0.29, 0.717) is 32.7 Å². The molecular weight excluding hydrogens is 372 g/mol. The SMILES string of the molecule is CC[C@@H](C)[C@@H](NC(=O)c1ccc(S(=O)(=O)N2CCOCC2)cc1)C(=O)OC. The van der Waals surface area contributed by atoms with Crippen molar-refractivity contribution in [2.45, 2.75) is 31.2 Å². The van der Waals surface area contributed by atoms with Crippen LogP contribution >= 0.6 is 0 Å². The number of benzene rings is 1. The Balaban J connectivity index is 2.13. The zero-order valence-electron chi connectivity index (χ0n) is 15.8. The van der Waals surface area contributed by atoms with Gasteiger partial charge in [-0.05, 0) is 30.2 Å². The number of esters is 1. The molecule has 1 saturated heterocycles. The highest BCUT2D eigenvalue weighted by Crippen LogP contribution is 2.18. The molecule has 9 heteroatoms. The average molecular weight is 398 g/mol. The van der Waals surface area contributed by atoms with Gasteiger partial charge in [0.25, 0.3) is 5.91 Å². The fraction of sp³-hybridized carbons (Fsp3) is 0.556. The summed E-state index contributed by atoms with van der Waals surface area (Å²) in [5, 5.41) is 2.67. The van der Waals surface area contributed by atoms with Crippen molar-refractivity contribution in [1.82, 2.24) is 9.62 Å². The molecule has 1 aromatic rings. The lowest BCUT2D eigenvalue weighted by atomic mass is 9.99. The number of nitrogens with zero attached hydrogens (tertiary/aromatic N) is 1. The normalized spacial score (nSPS) is 17.7. The minimum Gasteiger partial charge on any atom is -0.467 e. The van der Waals surface area contributed by atoms with E-state index < -0.39 is 27.9 Å². The average Bonchev–Trinajstić information content (AvgIpc) is 2.71. The van der Waals surface area contributed by atoms with Gasteiger partial charge in [0.15, 0.2) is 0 Å². The molecule has 0 aliphatic carbocycles. The maximum Gasteiger partial charge on any atom is 0.328 e. The van der Waals surface area contributed by atoms with Gasteiger partial charge in [0.05, 0.1) is 25.2 Å². The van der Waals surface area contributed by atoms with E-state index >= 15 is 0 Å². The molecule has 1 fully saturated rings. The third-order valence-electron chi connectivity index (χ3n) is 4.68. The topological polar surface area (TPSA) is 102 Å². The third kappa shape index (κ3) is 5.06. The summed E-state index contributed by atoms with van der Waals surface area (Å²) in [5.41, 5.74) is 0.271. The van der Waals surface area contributed by atoms with E-state index in [9.17, 15) is 18.0 Å². The van der Waals surface area contributed by atoms with Crippen molar-refractivity contribution in [2.24, 2.45) is 5.92 Å². The van der Waals surface area contributed by atoms with Gasteiger partial charge in [0.2, 0.25) is 10.0 Å². The van der Waals surface area contributed by atoms with Crippen LogP contribution in [0.3, 0.4) is 0 Å². The Hall–Kier alpha value is -1.97. The van der Waals surface area contributed by atoms with Crippen LogP contribution in [0.5, 0.6) is 0 Å². The fourth-order valence-corrected chi connectivity index (χ4v) is 4.14. The highest BCUT2D eigenvalue weighted by molar-refractivity contribution is 7.89. The number of carbonyl (C=O) groups excluding carboxylic acids is 2. The minimum atomic E-state index is -3.61. The Morgan fingerprint density at radius 2 is 1.81 bits per heavy atom. The molecule has 1 aromatic carbocycles. The Kier molecular flexibility index (Phi) is 7.34. The predicted octanol–water partition coefficient (Wildman–Crippen LogP) is 1.02. The van der Waals surface area contributed by atoms with Crippen LogP contribution in [0.4, 0.5) is 0 Å². The molecule has 0 unspecified atom stereocenters. The molecule has 27 heavy (non-hydrogen) atoms. The van der Waals surface area contributed by atoms with E-state index in [1.165, 1.54) is 35.7 Å². The van der Waals surface area contributed by atoms with Crippen LogP contribution in [0.1, 0.15) is 30.6 Å². The second-order valence-corrected chi connectivity index (χ2v) is 8.34. The van der Waals surface area contributed by atoms with Gasteiger partial charge in [0, 0.05) is 18.7 Å². The van der Waals surface area contributed by atoms with Crippen LogP contribution in [0, 0.1) is 5.92 Å². The molecule has 1 aliphatic heterocycles. The second-order valence-electron chi connectivity index (χ2n) is 6.40. The maximum atomic E-state index is 12.6. The van der Waals surface area contributed by atoms with Gasteiger partial charge in [-0.15, -0.1) is 0 Å². The number of sulfonamides is 1. The summed E-state index contributed by atoms with van der Waals surface area (Å²) in [6.45, 7) is 5.10. The van der Waals surface area contributed by atoms with E-state index in [1.807, 2.05) is 13.8 Å². The lowest BCUT2D eigenvalue weighted by Gasteiger charge is -2.26. The van der Waals surface area contributed by atoms with E-state index in [0.717, 1.165) is 0 Å². The van der Waals surface area contributed by atoms with Gasteiger partial charge in [-0.25, -0.2) is 13.2 Å². The van der Waals surface area contributed by atoms with Gasteiger partial charge in [0.1, 0.15) is 6.04 Å². The van der Waals surface area contributed by atoms with Crippen molar-refractivity contribution in [3.63, 3.8) is 0 Å². The summed E-state index contributed by atoms with van der Waals surface area (Å²) in [6, 6.07) is 4.91. The Morgan fingerprint density at radius 1 is 1.22 bits per heavy atom. The standard InChI is InChI=1S/C18H26N2O6S/c1-4-13(2)16(18(22)25-3)19-17(21)14-5-7-15(8-6-14)27(23,24)20-9-11-26-12-10-20/h5-8,13,16H,4,9-12H2,1-3H3,(H,19,21)/t13-,16-/m1/s1. The number of rotatable bonds is 7. The van der Waals surface area contributed by atoms with Gasteiger partial charge in [-0.3, -0.25) is 4.79 Å². The van der Waals surface area contributed by atoms with E-state index in [1.54, 1.807) is 0 Å². The van der Waals surface area contributed by atoms with Gasteiger partial charge >= 0.3 is 5.97 Å². The first-order chi connectivity index (χ1) is 12.8. The first-order valence-electron chi connectivity index (χ1n) is 8.88. The van der Waals surface area contributed by atoms with E-state index in [4.69, 9.17) is 9.47 Å². The zero-order chi connectivity index (χ0) is 20.0. The van der Waals surface area contributed by atoms with Crippen molar-refractivity contribution >= 4 is 21.9 Å². The zero-order valence-corrected chi connectivity index (χ0v) is 16.6.